The highest BCUT2D eigenvalue weighted by Gasteiger charge is 2.22. The highest BCUT2D eigenvalue weighted by Crippen LogP contribution is 2.27. The van der Waals surface area contributed by atoms with Crippen molar-refractivity contribution in [2.45, 2.75) is 58.1 Å². The molecule has 6 heteroatoms. The Kier molecular flexibility index (Phi) is 6.84. The van der Waals surface area contributed by atoms with Gasteiger partial charge in [-0.3, -0.25) is 0 Å². The molecule has 0 aliphatic carbocycles. The summed E-state index contributed by atoms with van der Waals surface area (Å²) in [6.45, 7) is 7.71. The van der Waals surface area contributed by atoms with Gasteiger partial charge in [-0.25, -0.2) is 13.1 Å². The molecule has 4 nitrogen and oxygen atoms in total. The predicted molar refractivity (Wildman–Crippen MR) is 88.7 cm³/mol. The molecule has 0 bridgehead atoms. The van der Waals surface area contributed by atoms with E-state index in [0.717, 1.165) is 18.4 Å². The topological polar surface area (TPSA) is 66.4 Å². The molecule has 0 aliphatic rings. The zero-order valence-corrected chi connectivity index (χ0v) is 15.4. The summed E-state index contributed by atoms with van der Waals surface area (Å²) in [6.07, 6.45) is 1.82. The van der Waals surface area contributed by atoms with Crippen LogP contribution in [-0.4, -0.2) is 19.6 Å². The second-order valence-electron chi connectivity index (χ2n) is 5.65. The van der Waals surface area contributed by atoms with Crippen molar-refractivity contribution in [3.05, 3.63) is 27.7 Å². The lowest BCUT2D eigenvalue weighted by atomic mass is 10.0. The number of aryl methyl sites for hydroxylation is 1. The van der Waals surface area contributed by atoms with Crippen LogP contribution in [0.5, 0.6) is 0 Å². The van der Waals surface area contributed by atoms with Crippen molar-refractivity contribution < 1.29 is 13.5 Å². The van der Waals surface area contributed by atoms with Crippen LogP contribution < -0.4 is 4.72 Å². The largest absolute Gasteiger partial charge is 0.392 e. The Morgan fingerprint density at radius 1 is 1.33 bits per heavy atom. The van der Waals surface area contributed by atoms with Gasteiger partial charge < -0.3 is 5.11 Å². The standard InChI is InChI=1S/C15H24BrNO3S/c1-5-10(2)6-12(4)17-21(19,20)14-8-13(9-18)7-11(3)15(14)16/h7-8,10,12,17-18H,5-6,9H2,1-4H3. The minimum atomic E-state index is -3.61. The lowest BCUT2D eigenvalue weighted by molar-refractivity contribution is 0.281. The van der Waals surface area contributed by atoms with Gasteiger partial charge in [0.1, 0.15) is 0 Å². The van der Waals surface area contributed by atoms with Gasteiger partial charge in [0.2, 0.25) is 10.0 Å². The van der Waals surface area contributed by atoms with Crippen LogP contribution in [0.3, 0.4) is 0 Å². The van der Waals surface area contributed by atoms with E-state index in [0.29, 0.717) is 16.0 Å². The van der Waals surface area contributed by atoms with Crippen LogP contribution >= 0.6 is 15.9 Å². The van der Waals surface area contributed by atoms with Gasteiger partial charge >= 0.3 is 0 Å². The molecule has 2 atom stereocenters. The van der Waals surface area contributed by atoms with Crippen molar-refractivity contribution in [2.75, 3.05) is 0 Å². The van der Waals surface area contributed by atoms with E-state index < -0.39 is 10.0 Å². The molecule has 2 N–H and O–H groups in total. The van der Waals surface area contributed by atoms with Crippen LogP contribution in [0.25, 0.3) is 0 Å². The fourth-order valence-electron chi connectivity index (χ4n) is 2.24. The number of hydrogen-bond donors (Lipinski definition) is 2. The molecule has 0 aromatic heterocycles. The number of hydrogen-bond acceptors (Lipinski definition) is 3. The van der Waals surface area contributed by atoms with E-state index in [1.54, 1.807) is 6.07 Å². The maximum absolute atomic E-state index is 12.5. The molecule has 1 aromatic rings. The summed E-state index contributed by atoms with van der Waals surface area (Å²) in [5.74, 6) is 0.469. The normalized spacial score (nSPS) is 15.0. The first kappa shape index (κ1) is 18.6. The van der Waals surface area contributed by atoms with Crippen molar-refractivity contribution in [2.24, 2.45) is 5.92 Å². The van der Waals surface area contributed by atoms with Gasteiger partial charge in [0.15, 0.2) is 0 Å². The van der Waals surface area contributed by atoms with E-state index in [1.165, 1.54) is 6.07 Å². The molecule has 0 spiro atoms. The van der Waals surface area contributed by atoms with Gasteiger partial charge in [-0.05, 0) is 59.3 Å². The van der Waals surface area contributed by atoms with Crippen molar-refractivity contribution in [1.29, 1.82) is 0 Å². The first-order chi connectivity index (χ1) is 9.71. The molecule has 120 valence electrons. The summed E-state index contributed by atoms with van der Waals surface area (Å²) < 4.78 is 28.3. The molecule has 0 amide bonds. The van der Waals surface area contributed by atoms with Crippen LogP contribution in [0.4, 0.5) is 0 Å². The number of halogens is 1. The van der Waals surface area contributed by atoms with Gasteiger partial charge in [0.05, 0.1) is 11.5 Å². The fourth-order valence-corrected chi connectivity index (χ4v) is 4.57. The van der Waals surface area contributed by atoms with Gasteiger partial charge in [0, 0.05) is 10.5 Å². The molecule has 2 unspecified atom stereocenters. The molecule has 0 heterocycles. The van der Waals surface area contributed by atoms with Crippen LogP contribution in [-0.2, 0) is 16.6 Å². The molecule has 0 saturated heterocycles. The summed E-state index contributed by atoms with van der Waals surface area (Å²) >= 11 is 3.33. The van der Waals surface area contributed by atoms with Crippen molar-refractivity contribution in [1.82, 2.24) is 4.72 Å². The predicted octanol–water partition coefficient (Wildman–Crippen LogP) is 3.35. The molecule has 0 radical (unpaired) electrons. The SMILES string of the molecule is CCC(C)CC(C)NS(=O)(=O)c1cc(CO)cc(C)c1Br. The first-order valence-corrected chi connectivity index (χ1v) is 9.41. The summed E-state index contributed by atoms with van der Waals surface area (Å²) in [5.41, 5.74) is 1.38. The average Bonchev–Trinajstić information content (AvgIpc) is 2.40. The summed E-state index contributed by atoms with van der Waals surface area (Å²) in [4.78, 5) is 0.183. The summed E-state index contributed by atoms with van der Waals surface area (Å²) in [5, 5.41) is 9.25. The Labute approximate surface area is 136 Å². The van der Waals surface area contributed by atoms with E-state index >= 15 is 0 Å². The molecular formula is C15H24BrNO3S. The average molecular weight is 378 g/mol. The minimum absolute atomic E-state index is 0.130. The molecule has 0 fully saturated rings. The fraction of sp³-hybridized carbons (Fsp3) is 0.600. The quantitative estimate of drug-likeness (QED) is 0.765. The van der Waals surface area contributed by atoms with Crippen LogP contribution in [0.1, 0.15) is 44.7 Å². The van der Waals surface area contributed by atoms with Crippen LogP contribution in [0.2, 0.25) is 0 Å². The van der Waals surface area contributed by atoms with Crippen LogP contribution in [0.15, 0.2) is 21.5 Å². The van der Waals surface area contributed by atoms with Gasteiger partial charge in [0.25, 0.3) is 0 Å². The number of aliphatic hydroxyl groups is 1. The lowest BCUT2D eigenvalue weighted by Crippen LogP contribution is -2.34. The summed E-state index contributed by atoms with van der Waals surface area (Å²) in [6, 6.07) is 3.15. The third-order valence-electron chi connectivity index (χ3n) is 3.56. The van der Waals surface area contributed by atoms with E-state index in [4.69, 9.17) is 0 Å². The molecular weight excluding hydrogens is 354 g/mol. The third kappa shape index (κ3) is 5.06. The minimum Gasteiger partial charge on any atom is -0.392 e. The molecule has 1 aromatic carbocycles. The molecule has 1 rings (SSSR count). The number of nitrogens with one attached hydrogen (secondary N) is 1. The maximum atomic E-state index is 12.5. The Morgan fingerprint density at radius 3 is 2.48 bits per heavy atom. The Hall–Kier alpha value is -0.430. The third-order valence-corrected chi connectivity index (χ3v) is 6.49. The highest BCUT2D eigenvalue weighted by atomic mass is 79.9. The number of sulfonamides is 1. The molecule has 21 heavy (non-hydrogen) atoms. The Balaban J connectivity index is 3.05. The van der Waals surface area contributed by atoms with Gasteiger partial charge in [-0.1, -0.05) is 26.3 Å². The first-order valence-electron chi connectivity index (χ1n) is 7.13. The Morgan fingerprint density at radius 2 is 1.95 bits per heavy atom. The maximum Gasteiger partial charge on any atom is 0.241 e. The van der Waals surface area contributed by atoms with Crippen molar-refractivity contribution in [3.8, 4) is 0 Å². The number of rotatable bonds is 7. The van der Waals surface area contributed by atoms with Crippen molar-refractivity contribution in [3.63, 3.8) is 0 Å². The lowest BCUT2D eigenvalue weighted by Gasteiger charge is -2.19. The highest BCUT2D eigenvalue weighted by molar-refractivity contribution is 9.10. The van der Waals surface area contributed by atoms with E-state index in [-0.39, 0.29) is 17.5 Å². The Bertz CT molecular complexity index is 587. The smallest absolute Gasteiger partial charge is 0.241 e. The molecule has 0 aliphatic heterocycles. The van der Waals surface area contributed by atoms with Crippen LogP contribution in [0, 0.1) is 12.8 Å². The number of benzene rings is 1. The zero-order chi connectivity index (χ0) is 16.2. The van der Waals surface area contributed by atoms with Crippen molar-refractivity contribution >= 4 is 26.0 Å². The van der Waals surface area contributed by atoms with E-state index in [1.807, 2.05) is 13.8 Å². The second-order valence-corrected chi connectivity index (χ2v) is 8.13. The van der Waals surface area contributed by atoms with Gasteiger partial charge in [-0.2, -0.15) is 0 Å². The number of aliphatic hydroxyl groups excluding tert-OH is 1. The second kappa shape index (κ2) is 7.72. The zero-order valence-electron chi connectivity index (χ0n) is 13.0. The van der Waals surface area contributed by atoms with E-state index in [2.05, 4.69) is 34.5 Å². The van der Waals surface area contributed by atoms with E-state index in [9.17, 15) is 13.5 Å². The van der Waals surface area contributed by atoms with Gasteiger partial charge in [-0.15, -0.1) is 0 Å². The monoisotopic (exact) mass is 377 g/mol. The summed E-state index contributed by atoms with van der Waals surface area (Å²) in [7, 11) is -3.61. The molecule has 0 saturated carbocycles.